The maximum atomic E-state index is 7.79. The van der Waals surface area contributed by atoms with Crippen molar-refractivity contribution in [3.8, 4) is 0 Å². The Balaban J connectivity index is 3.24. The van der Waals surface area contributed by atoms with Gasteiger partial charge >= 0.3 is 0 Å². The third-order valence-corrected chi connectivity index (χ3v) is 3.62. The molecule has 1 unspecified atom stereocenters. The molecular weight excluding hydrogens is 238 g/mol. The van der Waals surface area contributed by atoms with Crippen molar-refractivity contribution in [3.05, 3.63) is 16.8 Å². The van der Waals surface area contributed by atoms with E-state index >= 15 is 0 Å². The summed E-state index contributed by atoms with van der Waals surface area (Å²) >= 11 is 0. The average molecular weight is 263 g/mol. The van der Waals surface area contributed by atoms with Crippen molar-refractivity contribution < 1.29 is 0 Å². The Labute approximate surface area is 115 Å². The van der Waals surface area contributed by atoms with Gasteiger partial charge in [-0.25, -0.2) is 0 Å². The first kappa shape index (κ1) is 15.4. The van der Waals surface area contributed by atoms with Crippen LogP contribution in [0.15, 0.2) is 0 Å². The molecule has 106 valence electrons. The highest BCUT2D eigenvalue weighted by Crippen LogP contribution is 2.22. The summed E-state index contributed by atoms with van der Waals surface area (Å²) < 4.78 is 0. The molecule has 0 aliphatic heterocycles. The van der Waals surface area contributed by atoms with E-state index in [0.717, 1.165) is 42.1 Å². The third-order valence-electron chi connectivity index (χ3n) is 3.62. The first-order chi connectivity index (χ1) is 8.92. The Kier molecular flexibility index (Phi) is 5.27. The molecular formula is C14H25N5. The van der Waals surface area contributed by atoms with E-state index in [1.807, 2.05) is 13.8 Å². The Bertz CT molecular complexity index is 455. The van der Waals surface area contributed by atoms with E-state index in [1.54, 1.807) is 0 Å². The molecule has 0 saturated carbocycles. The van der Waals surface area contributed by atoms with Crippen LogP contribution in [0.5, 0.6) is 0 Å². The number of nitrogens with two attached hydrogens (primary N) is 1. The second-order valence-electron chi connectivity index (χ2n) is 5.07. The smallest absolute Gasteiger partial charge is 0.162 e. The number of aromatic nitrogens is 2. The lowest BCUT2D eigenvalue weighted by atomic mass is 10.1. The number of amidine groups is 1. The van der Waals surface area contributed by atoms with Gasteiger partial charge in [0.25, 0.3) is 0 Å². The van der Waals surface area contributed by atoms with Crippen LogP contribution in [-0.2, 0) is 0 Å². The van der Waals surface area contributed by atoms with Gasteiger partial charge in [0.15, 0.2) is 5.82 Å². The van der Waals surface area contributed by atoms with Crippen LogP contribution in [-0.4, -0.2) is 29.1 Å². The van der Waals surface area contributed by atoms with Crippen molar-refractivity contribution in [2.24, 2.45) is 11.7 Å². The molecule has 0 aliphatic rings. The number of aryl methyl sites for hydroxylation is 1. The van der Waals surface area contributed by atoms with E-state index in [9.17, 15) is 0 Å². The van der Waals surface area contributed by atoms with E-state index in [2.05, 4.69) is 35.9 Å². The number of hydrogen-bond acceptors (Lipinski definition) is 4. The zero-order chi connectivity index (χ0) is 14.6. The standard InChI is InChI=1S/C14H25N5/c1-6-9(3)8-19(7-2)14-12(13(15)16)10(4)11(5)17-18-14/h9H,6-8H2,1-5H3,(H3,15,16). The van der Waals surface area contributed by atoms with E-state index < -0.39 is 0 Å². The second-order valence-corrected chi connectivity index (χ2v) is 5.07. The number of rotatable bonds is 6. The Morgan fingerprint density at radius 2 is 1.95 bits per heavy atom. The average Bonchev–Trinajstić information content (AvgIpc) is 2.38. The fourth-order valence-electron chi connectivity index (χ4n) is 2.01. The van der Waals surface area contributed by atoms with Crippen molar-refractivity contribution in [1.29, 1.82) is 5.41 Å². The van der Waals surface area contributed by atoms with E-state index in [4.69, 9.17) is 11.1 Å². The summed E-state index contributed by atoms with van der Waals surface area (Å²) in [6.07, 6.45) is 1.12. The highest BCUT2D eigenvalue weighted by molar-refractivity contribution is 6.01. The summed E-state index contributed by atoms with van der Waals surface area (Å²) in [6, 6.07) is 0. The number of nitrogens with one attached hydrogen (secondary N) is 1. The molecule has 5 nitrogen and oxygen atoms in total. The Morgan fingerprint density at radius 1 is 1.32 bits per heavy atom. The molecule has 0 aliphatic carbocycles. The summed E-state index contributed by atoms with van der Waals surface area (Å²) in [7, 11) is 0. The quantitative estimate of drug-likeness (QED) is 0.609. The van der Waals surface area contributed by atoms with Gasteiger partial charge < -0.3 is 10.6 Å². The van der Waals surface area contributed by atoms with Gasteiger partial charge in [-0.3, -0.25) is 5.41 Å². The predicted molar refractivity (Wildman–Crippen MR) is 79.9 cm³/mol. The van der Waals surface area contributed by atoms with Gasteiger partial charge in [0.05, 0.1) is 11.3 Å². The maximum absolute atomic E-state index is 7.79. The van der Waals surface area contributed by atoms with Crippen LogP contribution in [0.25, 0.3) is 0 Å². The Morgan fingerprint density at radius 3 is 2.42 bits per heavy atom. The summed E-state index contributed by atoms with van der Waals surface area (Å²) in [4.78, 5) is 2.16. The number of nitrogens with zero attached hydrogens (tertiary/aromatic N) is 3. The van der Waals surface area contributed by atoms with Crippen molar-refractivity contribution in [2.75, 3.05) is 18.0 Å². The predicted octanol–water partition coefficient (Wildman–Crippen LogP) is 2.25. The van der Waals surface area contributed by atoms with Gasteiger partial charge in [-0.2, -0.15) is 5.10 Å². The van der Waals surface area contributed by atoms with Crippen LogP contribution in [0, 0.1) is 25.2 Å². The minimum atomic E-state index is 0.0631. The van der Waals surface area contributed by atoms with Crippen molar-refractivity contribution >= 4 is 11.7 Å². The lowest BCUT2D eigenvalue weighted by Gasteiger charge is -2.27. The van der Waals surface area contributed by atoms with E-state index in [-0.39, 0.29) is 5.84 Å². The lowest BCUT2D eigenvalue weighted by Crippen LogP contribution is -2.32. The zero-order valence-corrected chi connectivity index (χ0v) is 12.6. The molecule has 0 bridgehead atoms. The third kappa shape index (κ3) is 3.43. The van der Waals surface area contributed by atoms with Crippen LogP contribution in [0.4, 0.5) is 5.82 Å². The molecule has 0 spiro atoms. The molecule has 19 heavy (non-hydrogen) atoms. The summed E-state index contributed by atoms with van der Waals surface area (Å²) in [6.45, 7) is 12.1. The SMILES string of the molecule is CCC(C)CN(CC)c1nnc(C)c(C)c1C(=N)N. The summed E-state index contributed by atoms with van der Waals surface area (Å²) in [5.74, 6) is 1.37. The topological polar surface area (TPSA) is 78.9 Å². The van der Waals surface area contributed by atoms with Crippen LogP contribution in [0.1, 0.15) is 44.0 Å². The minimum Gasteiger partial charge on any atom is -0.384 e. The van der Waals surface area contributed by atoms with Gasteiger partial charge in [0, 0.05) is 13.1 Å². The molecule has 0 amide bonds. The number of nitrogen functional groups attached to an aromatic ring is 1. The summed E-state index contributed by atoms with van der Waals surface area (Å²) in [5.41, 5.74) is 8.22. The molecule has 1 heterocycles. The monoisotopic (exact) mass is 263 g/mol. The fourth-order valence-corrected chi connectivity index (χ4v) is 2.01. The van der Waals surface area contributed by atoms with E-state index in [0.29, 0.717) is 5.92 Å². The molecule has 1 aromatic rings. The van der Waals surface area contributed by atoms with Gasteiger partial charge in [-0.1, -0.05) is 20.3 Å². The highest BCUT2D eigenvalue weighted by Gasteiger charge is 2.19. The van der Waals surface area contributed by atoms with Gasteiger partial charge in [0.2, 0.25) is 0 Å². The lowest BCUT2D eigenvalue weighted by molar-refractivity contribution is 0.544. The van der Waals surface area contributed by atoms with Crippen molar-refractivity contribution in [3.63, 3.8) is 0 Å². The molecule has 3 N–H and O–H groups in total. The maximum Gasteiger partial charge on any atom is 0.162 e. The van der Waals surface area contributed by atoms with Crippen LogP contribution in [0.2, 0.25) is 0 Å². The molecule has 0 saturated heterocycles. The van der Waals surface area contributed by atoms with Gasteiger partial charge in [-0.15, -0.1) is 5.10 Å². The molecule has 5 heteroatoms. The number of anilines is 1. The largest absolute Gasteiger partial charge is 0.384 e. The fraction of sp³-hybridized carbons (Fsp3) is 0.643. The zero-order valence-electron chi connectivity index (χ0n) is 12.6. The first-order valence-corrected chi connectivity index (χ1v) is 6.85. The van der Waals surface area contributed by atoms with Gasteiger partial charge in [-0.05, 0) is 32.3 Å². The highest BCUT2D eigenvalue weighted by atomic mass is 15.3. The van der Waals surface area contributed by atoms with Crippen LogP contribution < -0.4 is 10.6 Å². The van der Waals surface area contributed by atoms with E-state index in [1.165, 1.54) is 0 Å². The normalized spacial score (nSPS) is 12.3. The molecule has 1 aromatic heterocycles. The molecule has 0 aromatic carbocycles. The molecule has 0 radical (unpaired) electrons. The first-order valence-electron chi connectivity index (χ1n) is 6.85. The van der Waals surface area contributed by atoms with Crippen molar-refractivity contribution in [2.45, 2.75) is 41.0 Å². The Hall–Kier alpha value is -1.65. The molecule has 1 atom stereocenters. The van der Waals surface area contributed by atoms with Crippen LogP contribution in [0.3, 0.4) is 0 Å². The van der Waals surface area contributed by atoms with Crippen LogP contribution >= 0.6 is 0 Å². The number of hydrogen-bond donors (Lipinski definition) is 2. The molecule has 1 rings (SSSR count). The minimum absolute atomic E-state index is 0.0631. The van der Waals surface area contributed by atoms with Crippen molar-refractivity contribution in [1.82, 2.24) is 10.2 Å². The second kappa shape index (κ2) is 6.50. The van der Waals surface area contributed by atoms with Gasteiger partial charge in [0.1, 0.15) is 5.84 Å². The summed E-state index contributed by atoms with van der Waals surface area (Å²) in [5, 5.41) is 16.2. The molecule has 0 fully saturated rings.